The van der Waals surface area contributed by atoms with Gasteiger partial charge in [-0.05, 0) is 23.3 Å². The van der Waals surface area contributed by atoms with Crippen LogP contribution in [0.5, 0.6) is 0 Å². The van der Waals surface area contributed by atoms with Gasteiger partial charge in [-0.2, -0.15) is 0 Å². The van der Waals surface area contributed by atoms with E-state index in [1.807, 2.05) is 97.1 Å². The molecule has 0 saturated carbocycles. The molecule has 5 aromatic carbocycles. The van der Waals surface area contributed by atoms with Crippen LogP contribution in [0.3, 0.4) is 0 Å². The molecule has 7 rings (SSSR count). The molecule has 184 valence electrons. The fraction of sp³-hybridized carbons (Fsp3) is 0. The van der Waals surface area contributed by atoms with Gasteiger partial charge in [0.05, 0.1) is 0 Å². The van der Waals surface area contributed by atoms with Gasteiger partial charge in [0.25, 0.3) is 0 Å². The molecule has 7 aromatic rings. The lowest BCUT2D eigenvalue weighted by molar-refractivity contribution is 0.669. The predicted molar refractivity (Wildman–Crippen MR) is 176 cm³/mol. The summed E-state index contributed by atoms with van der Waals surface area (Å²) in [6.07, 6.45) is 0. The summed E-state index contributed by atoms with van der Waals surface area (Å²) in [7, 11) is 31.6. The molecule has 0 aliphatic rings. The molecule has 2 aromatic heterocycles. The Bertz CT molecular complexity index is 2060. The van der Waals surface area contributed by atoms with Crippen LogP contribution in [-0.2, 0) is 0 Å². The standard InChI is InChI=1S/C33H16B5N3O/c34-26-25(27(35)29(37)30(38)28(26)36)19-13-7-15-21-23(19)24-20(14-8-16-22(24)42-21)33-40-31(17-9-3-1-4-10-17)39-32(41-33)18-11-5-2-6-12-18/h1-16H. The van der Waals surface area contributed by atoms with Crippen LogP contribution in [-0.4, -0.2) is 54.2 Å². The van der Waals surface area contributed by atoms with E-state index in [2.05, 4.69) is 0 Å². The second-order valence-corrected chi connectivity index (χ2v) is 9.94. The van der Waals surface area contributed by atoms with Crippen molar-refractivity contribution in [2.24, 2.45) is 0 Å². The lowest BCUT2D eigenvalue weighted by Crippen LogP contribution is -2.55. The van der Waals surface area contributed by atoms with Crippen LogP contribution in [0.1, 0.15) is 0 Å². The molecule has 0 fully saturated rings. The number of furan rings is 1. The Morgan fingerprint density at radius 2 is 0.833 bits per heavy atom. The second kappa shape index (κ2) is 10.3. The highest BCUT2D eigenvalue weighted by Gasteiger charge is 2.22. The predicted octanol–water partition coefficient (Wildman–Crippen LogP) is 2.41. The molecule has 0 atom stereocenters. The molecule has 4 nitrogen and oxygen atoms in total. The molecule has 0 amide bonds. The first-order valence-electron chi connectivity index (χ1n) is 13.3. The van der Waals surface area contributed by atoms with Crippen LogP contribution in [0.2, 0.25) is 0 Å². The van der Waals surface area contributed by atoms with Gasteiger partial charge in [-0.15, -0.1) is 16.4 Å². The van der Waals surface area contributed by atoms with Crippen molar-refractivity contribution in [1.82, 2.24) is 15.0 Å². The first-order valence-corrected chi connectivity index (χ1v) is 13.3. The average Bonchev–Trinajstić information content (AvgIpc) is 3.43. The molecule has 0 aliphatic carbocycles. The SMILES string of the molecule is [B]c1c([B])c([B])c(-c2cccc3oc4cccc(-c5nc(-c6ccccc6)nc(-c6ccccc6)n5)c4c23)c([B])c1[B]. The monoisotopic (exact) mass is 525 g/mol. The van der Waals surface area contributed by atoms with Gasteiger partial charge in [-0.25, -0.2) is 15.0 Å². The number of benzene rings is 5. The van der Waals surface area contributed by atoms with E-state index in [9.17, 15) is 0 Å². The third-order valence-electron chi connectivity index (χ3n) is 7.43. The third-order valence-corrected chi connectivity index (χ3v) is 7.43. The van der Waals surface area contributed by atoms with Crippen molar-refractivity contribution in [3.8, 4) is 45.3 Å². The Morgan fingerprint density at radius 1 is 0.405 bits per heavy atom. The van der Waals surface area contributed by atoms with Crippen molar-refractivity contribution in [2.75, 3.05) is 0 Å². The zero-order chi connectivity index (χ0) is 29.0. The van der Waals surface area contributed by atoms with Gasteiger partial charge < -0.3 is 4.42 Å². The first-order chi connectivity index (χ1) is 20.4. The van der Waals surface area contributed by atoms with Gasteiger partial charge in [0, 0.05) is 27.5 Å². The number of aromatic nitrogens is 3. The molecule has 9 heteroatoms. The van der Waals surface area contributed by atoms with Gasteiger partial charge >= 0.3 is 0 Å². The molecular weight excluding hydrogens is 508 g/mol. The molecule has 0 spiro atoms. The zero-order valence-electron chi connectivity index (χ0n) is 22.4. The van der Waals surface area contributed by atoms with Crippen LogP contribution in [0, 0.1) is 0 Å². The maximum Gasteiger partial charge on any atom is 0.164 e. The summed E-state index contributed by atoms with van der Waals surface area (Å²) in [6.45, 7) is 0. The van der Waals surface area contributed by atoms with Crippen LogP contribution in [0.4, 0.5) is 0 Å². The summed E-state index contributed by atoms with van der Waals surface area (Å²) < 4.78 is 6.33. The number of rotatable bonds is 4. The normalized spacial score (nSPS) is 11.3. The summed E-state index contributed by atoms with van der Waals surface area (Å²) in [5.74, 6) is 1.59. The van der Waals surface area contributed by atoms with E-state index < -0.39 is 0 Å². The van der Waals surface area contributed by atoms with Crippen LogP contribution in [0.25, 0.3) is 67.2 Å². The molecule has 42 heavy (non-hydrogen) atoms. The average molecular weight is 525 g/mol. The summed E-state index contributed by atoms with van der Waals surface area (Å²) >= 11 is 0. The van der Waals surface area contributed by atoms with Crippen molar-refractivity contribution >= 4 is 88.5 Å². The fourth-order valence-electron chi connectivity index (χ4n) is 5.33. The highest BCUT2D eigenvalue weighted by atomic mass is 16.3. The quantitative estimate of drug-likeness (QED) is 0.332. The largest absolute Gasteiger partial charge is 0.456 e. The van der Waals surface area contributed by atoms with E-state index in [1.165, 1.54) is 0 Å². The molecule has 2 heterocycles. The fourth-order valence-corrected chi connectivity index (χ4v) is 5.33. The van der Waals surface area contributed by atoms with E-state index in [0.717, 1.165) is 27.5 Å². The molecule has 0 aliphatic heterocycles. The highest BCUT2D eigenvalue weighted by Crippen LogP contribution is 2.40. The van der Waals surface area contributed by atoms with E-state index in [4.69, 9.17) is 58.6 Å². The molecule has 0 N–H and O–H groups in total. The molecule has 0 unspecified atom stereocenters. The van der Waals surface area contributed by atoms with Crippen LogP contribution >= 0.6 is 0 Å². The Labute approximate surface area is 249 Å². The van der Waals surface area contributed by atoms with Crippen molar-refractivity contribution in [3.05, 3.63) is 97.1 Å². The van der Waals surface area contributed by atoms with E-state index in [1.54, 1.807) is 0 Å². The molecule has 0 bridgehead atoms. The Kier molecular flexibility index (Phi) is 6.39. The lowest BCUT2D eigenvalue weighted by Gasteiger charge is -2.21. The maximum absolute atomic E-state index is 6.50. The van der Waals surface area contributed by atoms with Crippen molar-refractivity contribution < 1.29 is 4.42 Å². The maximum atomic E-state index is 6.50. The van der Waals surface area contributed by atoms with Gasteiger partial charge in [0.15, 0.2) is 17.5 Å². The number of nitrogens with zero attached hydrogens (tertiary/aromatic N) is 3. The van der Waals surface area contributed by atoms with Gasteiger partial charge in [-0.3, -0.25) is 0 Å². The third kappa shape index (κ3) is 4.19. The Morgan fingerprint density at radius 3 is 1.36 bits per heavy atom. The number of hydrogen-bond acceptors (Lipinski definition) is 4. The van der Waals surface area contributed by atoms with Gasteiger partial charge in [0.1, 0.15) is 50.4 Å². The topological polar surface area (TPSA) is 51.8 Å². The van der Waals surface area contributed by atoms with Crippen LogP contribution in [0.15, 0.2) is 101 Å². The summed E-state index contributed by atoms with van der Waals surface area (Å²) in [4.78, 5) is 14.7. The number of hydrogen-bond donors (Lipinski definition) is 0. The lowest BCUT2D eigenvalue weighted by atomic mass is 9.59. The van der Waals surface area contributed by atoms with Gasteiger partial charge in [0.2, 0.25) is 0 Å². The van der Waals surface area contributed by atoms with Crippen molar-refractivity contribution in [1.29, 1.82) is 0 Å². The van der Waals surface area contributed by atoms with E-state index in [0.29, 0.717) is 39.8 Å². The Hall–Kier alpha value is -4.77. The molecule has 10 radical (unpaired) electrons. The summed E-state index contributed by atoms with van der Waals surface area (Å²) in [5, 5.41) is 1.56. The summed E-state index contributed by atoms with van der Waals surface area (Å²) in [6, 6.07) is 31.1. The zero-order valence-corrected chi connectivity index (χ0v) is 22.4. The minimum absolute atomic E-state index is 0.158. The van der Waals surface area contributed by atoms with Crippen LogP contribution < -0.4 is 27.3 Å². The minimum atomic E-state index is 0.158. The molecular formula is C33H16B5N3O. The van der Waals surface area contributed by atoms with E-state index >= 15 is 0 Å². The second-order valence-electron chi connectivity index (χ2n) is 9.94. The minimum Gasteiger partial charge on any atom is -0.456 e. The van der Waals surface area contributed by atoms with Gasteiger partial charge in [-0.1, -0.05) is 95.9 Å². The van der Waals surface area contributed by atoms with E-state index in [-0.39, 0.29) is 27.3 Å². The van der Waals surface area contributed by atoms with Crippen molar-refractivity contribution in [2.45, 2.75) is 0 Å². The smallest absolute Gasteiger partial charge is 0.164 e. The Balaban J connectivity index is 1.56. The van der Waals surface area contributed by atoms with Crippen molar-refractivity contribution in [3.63, 3.8) is 0 Å². The number of fused-ring (bicyclic) bond motifs is 3. The highest BCUT2D eigenvalue weighted by molar-refractivity contribution is 6.68. The molecule has 0 saturated heterocycles. The summed E-state index contributed by atoms with van der Waals surface area (Å²) in [5.41, 5.74) is 5.98. The first kappa shape index (κ1) is 26.2.